The van der Waals surface area contributed by atoms with Crippen molar-refractivity contribution in [3.63, 3.8) is 0 Å². The second-order valence-electron chi connectivity index (χ2n) is 6.70. The van der Waals surface area contributed by atoms with Crippen LogP contribution in [0, 0.1) is 11.7 Å². The van der Waals surface area contributed by atoms with Crippen molar-refractivity contribution >= 4 is 23.2 Å². The van der Waals surface area contributed by atoms with Gasteiger partial charge in [-0.25, -0.2) is 4.39 Å². The van der Waals surface area contributed by atoms with E-state index in [0.29, 0.717) is 5.56 Å². The molecule has 1 aliphatic heterocycles. The number of aliphatic hydroxyl groups excluding tert-OH is 1. The van der Waals surface area contributed by atoms with Crippen LogP contribution in [-0.2, 0) is 11.0 Å². The summed E-state index contributed by atoms with van der Waals surface area (Å²) in [5.41, 5.74) is -0.460. The number of carbonyl (C=O) groups is 1. The molecule has 9 heteroatoms. The van der Waals surface area contributed by atoms with E-state index in [2.05, 4.69) is 5.32 Å². The molecule has 4 nitrogen and oxygen atoms in total. The predicted molar refractivity (Wildman–Crippen MR) is 96.4 cm³/mol. The van der Waals surface area contributed by atoms with Crippen molar-refractivity contribution < 1.29 is 27.5 Å². The smallest absolute Gasteiger partial charge is 0.378 e. The van der Waals surface area contributed by atoms with E-state index in [4.69, 9.17) is 11.6 Å². The Morgan fingerprint density at radius 3 is 2.46 bits per heavy atom. The Balaban J connectivity index is 1.87. The second kappa shape index (κ2) is 7.69. The SMILES string of the molecule is CN1C[C@H](c2ccc(C(F)(F)F)cc2)[C@@H](C(=O)Nc2cccc(Cl)c2F)C1O. The summed E-state index contributed by atoms with van der Waals surface area (Å²) in [6.45, 7) is 0.253. The Morgan fingerprint density at radius 1 is 1.21 bits per heavy atom. The van der Waals surface area contributed by atoms with Crippen LogP contribution in [0.2, 0.25) is 5.02 Å². The number of rotatable bonds is 3. The molecule has 0 spiro atoms. The van der Waals surface area contributed by atoms with E-state index in [-0.39, 0.29) is 17.3 Å². The molecule has 0 aliphatic carbocycles. The van der Waals surface area contributed by atoms with Crippen molar-refractivity contribution in [3.05, 3.63) is 64.4 Å². The molecule has 2 aromatic rings. The van der Waals surface area contributed by atoms with Crippen LogP contribution >= 0.6 is 11.6 Å². The first kappa shape index (κ1) is 20.6. The molecule has 1 amide bonds. The molecule has 3 rings (SSSR count). The van der Waals surface area contributed by atoms with Crippen molar-refractivity contribution in [1.82, 2.24) is 4.90 Å². The number of aliphatic hydroxyl groups is 1. The molecule has 1 fully saturated rings. The third-order valence-corrected chi connectivity index (χ3v) is 5.16. The van der Waals surface area contributed by atoms with E-state index >= 15 is 0 Å². The van der Waals surface area contributed by atoms with Crippen molar-refractivity contribution in [3.8, 4) is 0 Å². The van der Waals surface area contributed by atoms with Gasteiger partial charge in [-0.2, -0.15) is 13.2 Å². The molecule has 0 radical (unpaired) electrons. The van der Waals surface area contributed by atoms with Crippen molar-refractivity contribution in [1.29, 1.82) is 0 Å². The topological polar surface area (TPSA) is 52.6 Å². The second-order valence-corrected chi connectivity index (χ2v) is 7.10. The number of amides is 1. The van der Waals surface area contributed by atoms with Gasteiger partial charge in [-0.05, 0) is 36.9 Å². The first-order valence-corrected chi connectivity index (χ1v) is 8.77. The van der Waals surface area contributed by atoms with Crippen LogP contribution < -0.4 is 5.32 Å². The van der Waals surface area contributed by atoms with Gasteiger partial charge in [0.2, 0.25) is 5.91 Å². The van der Waals surface area contributed by atoms with Crippen LogP contribution in [0.1, 0.15) is 17.0 Å². The average molecular weight is 417 g/mol. The number of hydrogen-bond acceptors (Lipinski definition) is 3. The maximum atomic E-state index is 14.1. The standard InChI is InChI=1S/C19H17ClF4N2O2/c1-26-9-12(10-5-7-11(8-6-10)19(22,23)24)15(18(26)28)17(27)25-14-4-2-3-13(20)16(14)21/h2-8,12,15,18,28H,9H2,1H3,(H,25,27)/t12-,15+,18?/m1/s1. The third kappa shape index (κ3) is 3.99. The maximum Gasteiger partial charge on any atom is 0.416 e. The van der Waals surface area contributed by atoms with Crippen LogP contribution in [0.3, 0.4) is 0 Å². The Morgan fingerprint density at radius 2 is 1.86 bits per heavy atom. The molecular weight excluding hydrogens is 400 g/mol. The van der Waals surface area contributed by atoms with Gasteiger partial charge in [0, 0.05) is 12.5 Å². The Labute approximate surface area is 163 Å². The van der Waals surface area contributed by atoms with Gasteiger partial charge in [-0.3, -0.25) is 9.69 Å². The van der Waals surface area contributed by atoms with Crippen molar-refractivity contribution in [2.75, 3.05) is 18.9 Å². The predicted octanol–water partition coefficient (Wildman–Crippen LogP) is 4.10. The van der Waals surface area contributed by atoms with E-state index in [0.717, 1.165) is 12.1 Å². The fraction of sp³-hybridized carbons (Fsp3) is 0.316. The summed E-state index contributed by atoms with van der Waals surface area (Å²) in [4.78, 5) is 14.3. The van der Waals surface area contributed by atoms with Gasteiger partial charge in [0.1, 0.15) is 6.23 Å². The lowest BCUT2D eigenvalue weighted by molar-refractivity contribution is -0.137. The molecule has 0 aromatic heterocycles. The molecule has 1 saturated heterocycles. The monoisotopic (exact) mass is 416 g/mol. The molecule has 1 heterocycles. The number of benzene rings is 2. The Bertz CT molecular complexity index is 873. The summed E-state index contributed by atoms with van der Waals surface area (Å²) in [6, 6.07) is 8.58. The summed E-state index contributed by atoms with van der Waals surface area (Å²) in [6.07, 6.45) is -5.64. The number of likely N-dealkylation sites (tertiary alicyclic amines) is 1. The number of nitrogens with one attached hydrogen (secondary N) is 1. The molecule has 2 aromatic carbocycles. The number of hydrogen-bond donors (Lipinski definition) is 2. The Kier molecular flexibility index (Phi) is 5.65. The van der Waals surface area contributed by atoms with Gasteiger partial charge in [0.25, 0.3) is 0 Å². The number of carbonyl (C=O) groups excluding carboxylic acids is 1. The minimum Gasteiger partial charge on any atom is -0.378 e. The third-order valence-electron chi connectivity index (χ3n) is 4.87. The quantitative estimate of drug-likeness (QED) is 0.741. The highest BCUT2D eigenvalue weighted by Gasteiger charge is 2.44. The molecule has 1 aliphatic rings. The average Bonchev–Trinajstić information content (AvgIpc) is 2.93. The summed E-state index contributed by atoms with van der Waals surface area (Å²) in [5, 5.41) is 12.7. The van der Waals surface area contributed by atoms with Crippen molar-refractivity contribution in [2.24, 2.45) is 5.92 Å². The lowest BCUT2D eigenvalue weighted by Gasteiger charge is -2.22. The summed E-state index contributed by atoms with van der Waals surface area (Å²) in [7, 11) is 1.59. The molecule has 1 unspecified atom stereocenters. The zero-order valence-corrected chi connectivity index (χ0v) is 15.4. The molecule has 0 bridgehead atoms. The number of likely N-dealkylation sites (N-methyl/N-ethyl adjacent to an activating group) is 1. The number of alkyl halides is 3. The number of anilines is 1. The van der Waals surface area contributed by atoms with E-state index in [1.165, 1.54) is 35.2 Å². The summed E-state index contributed by atoms with van der Waals surface area (Å²) >= 11 is 5.71. The highest BCUT2D eigenvalue weighted by atomic mass is 35.5. The van der Waals surface area contributed by atoms with Gasteiger partial charge in [0.15, 0.2) is 5.82 Å². The fourth-order valence-electron chi connectivity index (χ4n) is 3.38. The van der Waals surface area contributed by atoms with Gasteiger partial charge < -0.3 is 10.4 Å². The lowest BCUT2D eigenvalue weighted by Crippen LogP contribution is -2.36. The first-order valence-electron chi connectivity index (χ1n) is 8.40. The molecule has 3 atom stereocenters. The maximum absolute atomic E-state index is 14.1. The minimum atomic E-state index is -4.47. The van der Waals surface area contributed by atoms with E-state index in [9.17, 15) is 27.5 Å². The van der Waals surface area contributed by atoms with Gasteiger partial charge >= 0.3 is 6.18 Å². The van der Waals surface area contributed by atoms with Crippen LogP contribution in [-0.4, -0.2) is 35.7 Å². The largest absolute Gasteiger partial charge is 0.416 e. The number of halogens is 5. The Hall–Kier alpha value is -2.16. The van der Waals surface area contributed by atoms with Crippen LogP contribution in [0.5, 0.6) is 0 Å². The lowest BCUT2D eigenvalue weighted by atomic mass is 9.87. The molecule has 28 heavy (non-hydrogen) atoms. The van der Waals surface area contributed by atoms with Crippen LogP contribution in [0.25, 0.3) is 0 Å². The summed E-state index contributed by atoms with van der Waals surface area (Å²) in [5.74, 6) is -3.02. The summed E-state index contributed by atoms with van der Waals surface area (Å²) < 4.78 is 52.4. The number of nitrogens with zero attached hydrogens (tertiary/aromatic N) is 1. The van der Waals surface area contributed by atoms with E-state index in [1.807, 2.05) is 0 Å². The van der Waals surface area contributed by atoms with Crippen LogP contribution in [0.15, 0.2) is 42.5 Å². The highest BCUT2D eigenvalue weighted by molar-refractivity contribution is 6.31. The van der Waals surface area contributed by atoms with E-state index in [1.54, 1.807) is 7.05 Å². The normalized spacial score (nSPS) is 23.0. The fourth-order valence-corrected chi connectivity index (χ4v) is 3.55. The highest BCUT2D eigenvalue weighted by Crippen LogP contribution is 2.38. The minimum absolute atomic E-state index is 0.134. The van der Waals surface area contributed by atoms with E-state index < -0.39 is 41.5 Å². The molecule has 0 saturated carbocycles. The first-order chi connectivity index (χ1) is 13.1. The van der Waals surface area contributed by atoms with Gasteiger partial charge in [0.05, 0.1) is 22.2 Å². The van der Waals surface area contributed by atoms with Crippen molar-refractivity contribution in [2.45, 2.75) is 18.3 Å². The van der Waals surface area contributed by atoms with Gasteiger partial charge in [-0.1, -0.05) is 29.8 Å². The molecule has 150 valence electrons. The van der Waals surface area contributed by atoms with Crippen LogP contribution in [0.4, 0.5) is 23.2 Å². The van der Waals surface area contributed by atoms with Gasteiger partial charge in [-0.15, -0.1) is 0 Å². The molecular formula is C19H17ClF4N2O2. The zero-order valence-electron chi connectivity index (χ0n) is 14.7. The zero-order chi connectivity index (χ0) is 20.6. The molecule has 2 N–H and O–H groups in total.